The minimum atomic E-state index is -4.34. The number of nitrogens with one attached hydrogen (secondary N) is 2. The first kappa shape index (κ1) is 12.2. The molecule has 0 aliphatic carbocycles. The largest absolute Gasteiger partial charge is 0.405 e. The number of carbonyl (C=O) groups is 1. The van der Waals surface area contributed by atoms with Crippen LogP contribution in [0.4, 0.5) is 13.2 Å². The van der Waals surface area contributed by atoms with Crippen molar-refractivity contribution in [2.45, 2.75) is 26.1 Å². The number of carbonyl (C=O) groups excluding carboxylic acids is 1. The Morgan fingerprint density at radius 2 is 1.92 bits per heavy atom. The summed E-state index contributed by atoms with van der Waals surface area (Å²) in [5.74, 6) is -0.647. The van der Waals surface area contributed by atoms with Crippen LogP contribution in [0, 0.1) is 0 Å². The van der Waals surface area contributed by atoms with Crippen LogP contribution in [0.15, 0.2) is 0 Å². The van der Waals surface area contributed by atoms with Crippen molar-refractivity contribution in [3.8, 4) is 0 Å². The number of hydrogen-bond donors (Lipinski definition) is 2. The van der Waals surface area contributed by atoms with Gasteiger partial charge in [-0.05, 0) is 0 Å². The Morgan fingerprint density at radius 1 is 1.38 bits per heavy atom. The van der Waals surface area contributed by atoms with Crippen LogP contribution in [-0.2, 0) is 4.79 Å². The van der Waals surface area contributed by atoms with Crippen molar-refractivity contribution >= 4 is 5.91 Å². The van der Waals surface area contributed by atoms with Crippen LogP contribution >= 0.6 is 0 Å². The third kappa shape index (κ3) is 9.13. The summed E-state index contributed by atoms with van der Waals surface area (Å²) in [6, 6.07) is 0.0802. The highest BCUT2D eigenvalue weighted by Crippen LogP contribution is 2.11. The minimum absolute atomic E-state index is 0.0802. The summed E-state index contributed by atoms with van der Waals surface area (Å²) >= 11 is 0. The standard InChI is InChI=1S/C7H13F3N2O/c1-5(2)11-3-6(13)12-4-7(8,9)10/h5,11H,3-4H2,1-2H3,(H,12,13). The summed E-state index contributed by atoms with van der Waals surface area (Å²) < 4.78 is 34.7. The molecule has 13 heavy (non-hydrogen) atoms. The lowest BCUT2D eigenvalue weighted by molar-refractivity contribution is -0.137. The number of alkyl halides is 3. The molecule has 3 nitrogen and oxygen atoms in total. The van der Waals surface area contributed by atoms with Crippen LogP contribution in [0.1, 0.15) is 13.8 Å². The molecule has 0 saturated carbocycles. The molecule has 0 aromatic rings. The highest BCUT2D eigenvalue weighted by atomic mass is 19.4. The smallest absolute Gasteiger partial charge is 0.346 e. The zero-order valence-corrected chi connectivity index (χ0v) is 7.53. The fraction of sp³-hybridized carbons (Fsp3) is 0.857. The van der Waals surface area contributed by atoms with Gasteiger partial charge in [-0.15, -0.1) is 0 Å². The fourth-order valence-corrected chi connectivity index (χ4v) is 0.558. The lowest BCUT2D eigenvalue weighted by Gasteiger charge is -2.10. The van der Waals surface area contributed by atoms with E-state index in [0.29, 0.717) is 0 Å². The second kappa shape index (κ2) is 5.06. The summed E-state index contributed by atoms with van der Waals surface area (Å²) in [6.45, 7) is 2.24. The van der Waals surface area contributed by atoms with Gasteiger partial charge in [-0.2, -0.15) is 13.2 Å². The Kier molecular flexibility index (Phi) is 4.76. The van der Waals surface area contributed by atoms with Gasteiger partial charge in [0.15, 0.2) is 0 Å². The molecule has 0 radical (unpaired) electrons. The van der Waals surface area contributed by atoms with Crippen LogP contribution in [0.25, 0.3) is 0 Å². The molecular weight excluding hydrogens is 185 g/mol. The molecule has 0 bridgehead atoms. The molecule has 0 aromatic heterocycles. The molecule has 0 rings (SSSR count). The van der Waals surface area contributed by atoms with Gasteiger partial charge in [-0.3, -0.25) is 4.79 Å². The number of hydrogen-bond acceptors (Lipinski definition) is 2. The minimum Gasteiger partial charge on any atom is -0.346 e. The lowest BCUT2D eigenvalue weighted by Crippen LogP contribution is -2.40. The van der Waals surface area contributed by atoms with Crippen LogP contribution in [-0.4, -0.2) is 31.2 Å². The van der Waals surface area contributed by atoms with Gasteiger partial charge in [-0.25, -0.2) is 0 Å². The van der Waals surface area contributed by atoms with Gasteiger partial charge in [0.2, 0.25) is 5.91 Å². The Morgan fingerprint density at radius 3 is 2.31 bits per heavy atom. The zero-order valence-electron chi connectivity index (χ0n) is 7.53. The quantitative estimate of drug-likeness (QED) is 0.696. The monoisotopic (exact) mass is 198 g/mol. The third-order valence-corrected chi connectivity index (χ3v) is 1.16. The van der Waals surface area contributed by atoms with E-state index in [0.717, 1.165) is 0 Å². The van der Waals surface area contributed by atoms with Crippen LogP contribution in [0.5, 0.6) is 0 Å². The highest BCUT2D eigenvalue weighted by Gasteiger charge is 2.27. The second-order valence-corrected chi connectivity index (χ2v) is 2.93. The Hall–Kier alpha value is -0.780. The van der Waals surface area contributed by atoms with E-state index in [9.17, 15) is 18.0 Å². The van der Waals surface area contributed by atoms with E-state index in [-0.39, 0.29) is 12.6 Å². The van der Waals surface area contributed by atoms with Crippen LogP contribution < -0.4 is 10.6 Å². The number of rotatable bonds is 4. The Bertz CT molecular complexity index is 168. The molecule has 0 spiro atoms. The molecule has 2 N–H and O–H groups in total. The molecule has 0 fully saturated rings. The van der Waals surface area contributed by atoms with Gasteiger partial charge in [0, 0.05) is 6.04 Å². The SMILES string of the molecule is CC(C)NCC(=O)NCC(F)(F)F. The Labute approximate surface area is 74.7 Å². The number of halogens is 3. The Balaban J connectivity index is 3.53. The van der Waals surface area contributed by atoms with Crippen molar-refractivity contribution in [1.29, 1.82) is 0 Å². The fourth-order valence-electron chi connectivity index (χ4n) is 0.558. The van der Waals surface area contributed by atoms with Gasteiger partial charge in [0.1, 0.15) is 6.54 Å². The average molecular weight is 198 g/mol. The number of amides is 1. The van der Waals surface area contributed by atoms with Gasteiger partial charge in [0.05, 0.1) is 6.54 Å². The van der Waals surface area contributed by atoms with Crippen molar-refractivity contribution in [2.24, 2.45) is 0 Å². The molecule has 0 aliphatic rings. The summed E-state index contributed by atoms with van der Waals surface area (Å²) in [5, 5.41) is 4.45. The van der Waals surface area contributed by atoms with Gasteiger partial charge >= 0.3 is 6.18 Å². The molecular formula is C7H13F3N2O. The molecule has 0 aromatic carbocycles. The molecule has 0 atom stereocenters. The molecule has 1 amide bonds. The predicted molar refractivity (Wildman–Crippen MR) is 42.2 cm³/mol. The second-order valence-electron chi connectivity index (χ2n) is 2.93. The molecule has 0 unspecified atom stereocenters. The first-order valence-electron chi connectivity index (χ1n) is 3.88. The molecule has 0 aliphatic heterocycles. The van der Waals surface area contributed by atoms with Crippen LogP contribution in [0.3, 0.4) is 0 Å². The van der Waals surface area contributed by atoms with E-state index in [1.165, 1.54) is 0 Å². The normalized spacial score (nSPS) is 11.8. The van der Waals surface area contributed by atoms with E-state index in [1.807, 2.05) is 0 Å². The van der Waals surface area contributed by atoms with E-state index in [4.69, 9.17) is 0 Å². The zero-order chi connectivity index (χ0) is 10.5. The highest BCUT2D eigenvalue weighted by molar-refractivity contribution is 5.78. The maximum Gasteiger partial charge on any atom is 0.405 e. The van der Waals surface area contributed by atoms with E-state index in [2.05, 4.69) is 5.32 Å². The summed E-state index contributed by atoms with van der Waals surface area (Å²) in [5.41, 5.74) is 0. The van der Waals surface area contributed by atoms with Gasteiger partial charge in [-0.1, -0.05) is 13.8 Å². The van der Waals surface area contributed by atoms with Crippen molar-refractivity contribution in [1.82, 2.24) is 10.6 Å². The van der Waals surface area contributed by atoms with Crippen molar-refractivity contribution in [3.05, 3.63) is 0 Å². The van der Waals surface area contributed by atoms with Gasteiger partial charge in [0.25, 0.3) is 0 Å². The summed E-state index contributed by atoms with van der Waals surface area (Å²) in [4.78, 5) is 10.7. The summed E-state index contributed by atoms with van der Waals surface area (Å²) in [6.07, 6.45) is -4.34. The lowest BCUT2D eigenvalue weighted by atomic mass is 10.4. The van der Waals surface area contributed by atoms with Crippen LogP contribution in [0.2, 0.25) is 0 Å². The van der Waals surface area contributed by atoms with Crippen molar-refractivity contribution in [2.75, 3.05) is 13.1 Å². The molecule has 0 saturated heterocycles. The van der Waals surface area contributed by atoms with E-state index < -0.39 is 18.6 Å². The topological polar surface area (TPSA) is 41.1 Å². The first-order valence-corrected chi connectivity index (χ1v) is 3.88. The molecule has 6 heteroatoms. The van der Waals surface area contributed by atoms with Crippen molar-refractivity contribution in [3.63, 3.8) is 0 Å². The third-order valence-electron chi connectivity index (χ3n) is 1.16. The molecule has 78 valence electrons. The maximum atomic E-state index is 11.6. The van der Waals surface area contributed by atoms with Gasteiger partial charge < -0.3 is 10.6 Å². The molecule has 0 heterocycles. The first-order chi connectivity index (χ1) is 5.81. The van der Waals surface area contributed by atoms with Crippen molar-refractivity contribution < 1.29 is 18.0 Å². The van der Waals surface area contributed by atoms with E-state index in [1.54, 1.807) is 19.2 Å². The average Bonchev–Trinajstić information content (AvgIpc) is 1.95. The summed E-state index contributed by atoms with van der Waals surface area (Å²) in [7, 11) is 0. The maximum absolute atomic E-state index is 11.6. The predicted octanol–water partition coefficient (Wildman–Crippen LogP) is 0.663. The van der Waals surface area contributed by atoms with E-state index >= 15 is 0 Å².